The van der Waals surface area contributed by atoms with Gasteiger partial charge in [-0.3, -0.25) is 0 Å². The van der Waals surface area contributed by atoms with Gasteiger partial charge >= 0.3 is 5.97 Å². The number of halogens is 1. The van der Waals surface area contributed by atoms with Crippen LogP contribution >= 0.6 is 15.9 Å². The van der Waals surface area contributed by atoms with Gasteiger partial charge in [0.05, 0.1) is 11.1 Å². The van der Waals surface area contributed by atoms with E-state index >= 15 is 0 Å². The molecule has 0 unspecified atom stereocenters. The quantitative estimate of drug-likeness (QED) is 0.494. The Kier molecular flexibility index (Phi) is 4.40. The molecule has 0 aromatic rings. The maximum atomic E-state index is 10.6. The van der Waals surface area contributed by atoms with Crippen molar-refractivity contribution in [3.63, 3.8) is 0 Å². The Morgan fingerprint density at radius 3 is 2.67 bits per heavy atom. The molecule has 0 atom stereocenters. The highest BCUT2D eigenvalue weighted by molar-refractivity contribution is 9.12. The molecular formula is C6H9BrO2. The summed E-state index contributed by atoms with van der Waals surface area (Å²) in [5.74, 6) is -0.306. The summed E-state index contributed by atoms with van der Waals surface area (Å²) in [5.41, 5.74) is 0. The van der Waals surface area contributed by atoms with Crippen molar-refractivity contribution in [1.29, 1.82) is 0 Å². The lowest BCUT2D eigenvalue weighted by Crippen LogP contribution is -2.02. The molecule has 0 aliphatic heterocycles. The minimum absolute atomic E-state index is 0.306. The van der Waals surface area contributed by atoms with Gasteiger partial charge in [-0.15, -0.1) is 0 Å². The van der Waals surface area contributed by atoms with Gasteiger partial charge in [0.2, 0.25) is 0 Å². The molecular weight excluding hydrogens is 184 g/mol. The summed E-state index contributed by atoms with van der Waals surface area (Å²) in [4.78, 5) is 10.6. The van der Waals surface area contributed by atoms with E-state index in [1.165, 1.54) is 0 Å². The molecule has 0 fully saturated rings. The summed E-state index contributed by atoms with van der Waals surface area (Å²) < 4.78 is 5.12. The zero-order valence-electron chi connectivity index (χ0n) is 5.48. The Bertz CT molecular complexity index is 129. The standard InChI is InChI=1S/C6H9BrO2/c1-3-5(7)6(8)9-4-2/h3H,4H2,1-2H3/b5-3-. The predicted molar refractivity (Wildman–Crippen MR) is 39.3 cm³/mol. The monoisotopic (exact) mass is 192 g/mol. The molecule has 0 N–H and O–H groups in total. The van der Waals surface area contributed by atoms with Crippen LogP contribution < -0.4 is 0 Å². The normalized spacial score (nSPS) is 11.2. The van der Waals surface area contributed by atoms with Crippen molar-refractivity contribution in [3.05, 3.63) is 10.6 Å². The number of hydrogen-bond donors (Lipinski definition) is 0. The molecule has 0 aromatic heterocycles. The minimum atomic E-state index is -0.306. The molecule has 0 saturated heterocycles. The third-order valence-corrected chi connectivity index (χ3v) is 1.51. The molecule has 0 spiro atoms. The van der Waals surface area contributed by atoms with Gasteiger partial charge in [0.25, 0.3) is 0 Å². The lowest BCUT2D eigenvalue weighted by atomic mass is 10.5. The van der Waals surface area contributed by atoms with Crippen LogP contribution in [-0.2, 0) is 9.53 Å². The van der Waals surface area contributed by atoms with Crippen molar-refractivity contribution in [1.82, 2.24) is 0 Å². The highest BCUT2D eigenvalue weighted by atomic mass is 79.9. The fourth-order valence-electron chi connectivity index (χ4n) is 0.318. The molecule has 0 heterocycles. The van der Waals surface area contributed by atoms with Gasteiger partial charge < -0.3 is 4.74 Å². The predicted octanol–water partition coefficient (Wildman–Crippen LogP) is 1.85. The van der Waals surface area contributed by atoms with E-state index in [1.54, 1.807) is 19.9 Å². The summed E-state index contributed by atoms with van der Waals surface area (Å²) in [6.45, 7) is 3.95. The second-order valence-electron chi connectivity index (χ2n) is 1.36. The zero-order chi connectivity index (χ0) is 7.28. The highest BCUT2D eigenvalue weighted by Gasteiger charge is 2.02. The van der Waals surface area contributed by atoms with Crippen molar-refractivity contribution in [3.8, 4) is 0 Å². The molecule has 52 valence electrons. The number of hydrogen-bond acceptors (Lipinski definition) is 2. The van der Waals surface area contributed by atoms with E-state index in [0.717, 1.165) is 0 Å². The topological polar surface area (TPSA) is 26.3 Å². The van der Waals surface area contributed by atoms with E-state index in [1.807, 2.05) is 0 Å². The van der Waals surface area contributed by atoms with E-state index in [2.05, 4.69) is 20.7 Å². The van der Waals surface area contributed by atoms with E-state index in [9.17, 15) is 4.79 Å². The first-order valence-electron chi connectivity index (χ1n) is 2.71. The van der Waals surface area contributed by atoms with Crippen LogP contribution in [0, 0.1) is 0 Å². The Morgan fingerprint density at radius 1 is 1.78 bits per heavy atom. The first-order chi connectivity index (χ1) is 4.22. The maximum absolute atomic E-state index is 10.6. The number of allylic oxidation sites excluding steroid dienone is 1. The van der Waals surface area contributed by atoms with Gasteiger partial charge in [-0.05, 0) is 29.8 Å². The lowest BCUT2D eigenvalue weighted by Gasteiger charge is -1.96. The molecule has 0 saturated carbocycles. The van der Waals surface area contributed by atoms with Gasteiger partial charge in [0.15, 0.2) is 0 Å². The molecule has 0 aliphatic carbocycles. The largest absolute Gasteiger partial charge is 0.462 e. The molecule has 0 radical (unpaired) electrons. The molecule has 3 heteroatoms. The minimum Gasteiger partial charge on any atom is -0.462 e. The van der Waals surface area contributed by atoms with Crippen molar-refractivity contribution >= 4 is 21.9 Å². The Balaban J connectivity index is 3.74. The van der Waals surface area contributed by atoms with Crippen molar-refractivity contribution in [2.24, 2.45) is 0 Å². The van der Waals surface area contributed by atoms with Crippen molar-refractivity contribution in [2.45, 2.75) is 13.8 Å². The SMILES string of the molecule is C/C=C(\Br)C(=O)OCC. The van der Waals surface area contributed by atoms with Crippen LogP contribution in [0.25, 0.3) is 0 Å². The molecule has 9 heavy (non-hydrogen) atoms. The van der Waals surface area contributed by atoms with Gasteiger partial charge in [-0.2, -0.15) is 0 Å². The lowest BCUT2D eigenvalue weighted by molar-refractivity contribution is -0.137. The maximum Gasteiger partial charge on any atom is 0.344 e. The number of carbonyl (C=O) groups excluding carboxylic acids is 1. The van der Waals surface area contributed by atoms with Crippen LogP contribution in [0.5, 0.6) is 0 Å². The van der Waals surface area contributed by atoms with E-state index in [-0.39, 0.29) is 5.97 Å². The summed E-state index contributed by atoms with van der Waals surface area (Å²) in [6, 6.07) is 0. The number of rotatable bonds is 2. The van der Waals surface area contributed by atoms with Crippen LogP contribution in [0.3, 0.4) is 0 Å². The summed E-state index contributed by atoms with van der Waals surface area (Å²) in [5, 5.41) is 0. The van der Waals surface area contributed by atoms with Crippen LogP contribution in [0.1, 0.15) is 13.8 Å². The molecule has 0 aromatic carbocycles. The third kappa shape index (κ3) is 3.30. The molecule has 0 rings (SSSR count). The van der Waals surface area contributed by atoms with Gasteiger partial charge in [-0.1, -0.05) is 6.08 Å². The molecule has 0 aliphatic rings. The van der Waals surface area contributed by atoms with E-state index in [0.29, 0.717) is 11.1 Å². The van der Waals surface area contributed by atoms with E-state index in [4.69, 9.17) is 0 Å². The Labute approximate surface area is 63.0 Å². The fraction of sp³-hybridized carbons (Fsp3) is 0.500. The summed E-state index contributed by atoms with van der Waals surface area (Å²) in [7, 11) is 0. The van der Waals surface area contributed by atoms with Gasteiger partial charge in [0.1, 0.15) is 0 Å². The highest BCUT2D eigenvalue weighted by Crippen LogP contribution is 2.05. The smallest absolute Gasteiger partial charge is 0.344 e. The second kappa shape index (κ2) is 4.56. The van der Waals surface area contributed by atoms with Crippen molar-refractivity contribution < 1.29 is 9.53 Å². The first-order valence-corrected chi connectivity index (χ1v) is 3.50. The van der Waals surface area contributed by atoms with Crippen LogP contribution in [-0.4, -0.2) is 12.6 Å². The average molecular weight is 193 g/mol. The number of carbonyl (C=O) groups is 1. The number of esters is 1. The summed E-state index contributed by atoms with van der Waals surface area (Å²) in [6.07, 6.45) is 1.65. The summed E-state index contributed by atoms with van der Waals surface area (Å²) >= 11 is 3.03. The first kappa shape index (κ1) is 8.69. The van der Waals surface area contributed by atoms with Crippen LogP contribution in [0.2, 0.25) is 0 Å². The molecule has 2 nitrogen and oxygen atoms in total. The van der Waals surface area contributed by atoms with Gasteiger partial charge in [0, 0.05) is 0 Å². The van der Waals surface area contributed by atoms with E-state index < -0.39 is 0 Å². The van der Waals surface area contributed by atoms with Crippen LogP contribution in [0.4, 0.5) is 0 Å². The zero-order valence-corrected chi connectivity index (χ0v) is 7.06. The Hall–Kier alpha value is -0.310. The fourth-order valence-corrected chi connectivity index (χ4v) is 0.432. The van der Waals surface area contributed by atoms with Crippen molar-refractivity contribution in [2.75, 3.05) is 6.61 Å². The molecule has 0 amide bonds. The average Bonchev–Trinajstić information content (AvgIpc) is 1.87. The second-order valence-corrected chi connectivity index (χ2v) is 2.21. The number of ether oxygens (including phenoxy) is 1. The Morgan fingerprint density at radius 2 is 2.33 bits per heavy atom. The van der Waals surface area contributed by atoms with Crippen LogP contribution in [0.15, 0.2) is 10.6 Å². The van der Waals surface area contributed by atoms with Gasteiger partial charge in [-0.25, -0.2) is 4.79 Å². The molecule has 0 bridgehead atoms. The third-order valence-electron chi connectivity index (χ3n) is 0.724.